The predicted octanol–water partition coefficient (Wildman–Crippen LogP) is 1.07. The van der Waals surface area contributed by atoms with Gasteiger partial charge in [0.1, 0.15) is 0 Å². The summed E-state index contributed by atoms with van der Waals surface area (Å²) >= 11 is 0. The monoisotopic (exact) mass is 503 g/mol. The molecule has 28 heavy (non-hydrogen) atoms. The summed E-state index contributed by atoms with van der Waals surface area (Å²) in [5.74, 6) is 0. The minimum Gasteiger partial charge on any atom is -1.00 e. The van der Waals surface area contributed by atoms with Crippen molar-refractivity contribution in [3.05, 3.63) is 90.5 Å². The molecule has 1 aliphatic rings. The van der Waals surface area contributed by atoms with Crippen LogP contribution in [0.4, 0.5) is 0 Å². The van der Waals surface area contributed by atoms with Crippen LogP contribution in [0.3, 0.4) is 0 Å². The van der Waals surface area contributed by atoms with Gasteiger partial charge in [-0.05, 0) is 5.56 Å². The fraction of sp³-hybridized carbons (Fsp3) is 0.208. The molecule has 0 saturated heterocycles. The summed E-state index contributed by atoms with van der Waals surface area (Å²) < 4.78 is 0. The van der Waals surface area contributed by atoms with Crippen molar-refractivity contribution in [2.45, 2.75) is 33.7 Å². The molecule has 145 valence electrons. The molecule has 0 aromatic heterocycles. The topological polar surface area (TPSA) is 0 Å². The third-order valence-electron chi connectivity index (χ3n) is 3.57. The van der Waals surface area contributed by atoms with Crippen molar-refractivity contribution < 1.29 is 51.0 Å². The van der Waals surface area contributed by atoms with Crippen molar-refractivity contribution in [1.29, 1.82) is 0 Å². The molecular formula is C24H27Cl2SiZr. The molecule has 0 bridgehead atoms. The molecule has 0 saturated carbocycles. The van der Waals surface area contributed by atoms with Crippen molar-refractivity contribution in [1.82, 2.24) is 0 Å². The quantitative estimate of drug-likeness (QED) is 0.343. The summed E-state index contributed by atoms with van der Waals surface area (Å²) in [5, 5.41) is 2.69. The van der Waals surface area contributed by atoms with Crippen LogP contribution in [0.15, 0.2) is 78.9 Å². The normalized spacial score (nSPS) is 9.75. The number of rotatable bonds is 1. The Morgan fingerprint density at radius 2 is 1.57 bits per heavy atom. The van der Waals surface area contributed by atoms with Crippen molar-refractivity contribution in [3.63, 3.8) is 0 Å². The second-order valence-corrected chi connectivity index (χ2v) is 5.21. The largest absolute Gasteiger partial charge is 4.00 e. The summed E-state index contributed by atoms with van der Waals surface area (Å²) in [5.41, 5.74) is 3.95. The summed E-state index contributed by atoms with van der Waals surface area (Å²) in [7, 11) is 2.97. The molecule has 0 N–H and O–H groups in total. The first-order chi connectivity index (χ1) is 12.3. The minimum atomic E-state index is 0. The number of aryl methyl sites for hydroxylation is 1. The van der Waals surface area contributed by atoms with E-state index in [0.29, 0.717) is 0 Å². The molecular weight excluding hydrogens is 478 g/mol. The van der Waals surface area contributed by atoms with Gasteiger partial charge in [-0.2, -0.15) is 12.1 Å². The second kappa shape index (κ2) is 19.5. The Morgan fingerprint density at radius 1 is 0.929 bits per heavy atom. The van der Waals surface area contributed by atoms with E-state index >= 15 is 0 Å². The average molecular weight is 506 g/mol. The number of benzene rings is 2. The zero-order valence-electron chi connectivity index (χ0n) is 17.0. The van der Waals surface area contributed by atoms with Crippen molar-refractivity contribution in [2.75, 3.05) is 0 Å². The summed E-state index contributed by atoms with van der Waals surface area (Å²) in [6.45, 7) is 7.95. The van der Waals surface area contributed by atoms with Gasteiger partial charge in [0.15, 0.2) is 0 Å². The van der Waals surface area contributed by atoms with E-state index in [2.05, 4.69) is 90.0 Å². The van der Waals surface area contributed by atoms with E-state index in [1.165, 1.54) is 27.5 Å². The Balaban J connectivity index is -0.000000449. The molecule has 0 amide bonds. The molecule has 3 aromatic rings. The van der Waals surface area contributed by atoms with E-state index in [4.69, 9.17) is 0 Å². The first-order valence-corrected chi connectivity index (χ1v) is 9.78. The van der Waals surface area contributed by atoms with E-state index < -0.39 is 0 Å². The van der Waals surface area contributed by atoms with Crippen LogP contribution in [0.5, 0.6) is 0 Å². The number of allylic oxidation sites excluding steroid dienone is 4. The molecule has 0 atom stereocenters. The number of hydrogen-bond acceptors (Lipinski definition) is 0. The van der Waals surface area contributed by atoms with Gasteiger partial charge in [0.05, 0.1) is 0 Å². The minimum absolute atomic E-state index is 0. The van der Waals surface area contributed by atoms with E-state index in [1.54, 1.807) is 6.55 Å². The molecule has 4 heteroatoms. The molecule has 0 aliphatic heterocycles. The standard InChI is InChI=1S/C16H13.C5H5.C2H6.CH3Si.2ClH.Zr/c1-12-10-14-8-5-9-15(16(14)11-12)13-6-3-2-4-7-13;1-2-4-5-3-1;2*1-2;;;/h2-11H,1H3;1-3H,4H2;1-2H3;1H3;2*1H;/q2*-1;;;;;+4/p-2. The molecule has 0 fully saturated rings. The molecule has 3 aromatic carbocycles. The fourth-order valence-corrected chi connectivity index (χ4v) is 2.59. The van der Waals surface area contributed by atoms with Gasteiger partial charge in [-0.15, -0.1) is 41.0 Å². The van der Waals surface area contributed by atoms with Gasteiger partial charge in [-0.1, -0.05) is 69.3 Å². The van der Waals surface area contributed by atoms with Crippen molar-refractivity contribution in [2.24, 2.45) is 0 Å². The van der Waals surface area contributed by atoms with Crippen LogP contribution in [0, 0.1) is 13.0 Å². The maximum absolute atomic E-state index is 2.99. The van der Waals surface area contributed by atoms with Crippen LogP contribution in [0.25, 0.3) is 21.9 Å². The van der Waals surface area contributed by atoms with Crippen molar-refractivity contribution in [3.8, 4) is 11.1 Å². The molecule has 0 heterocycles. The number of fused-ring (bicyclic) bond motifs is 1. The van der Waals surface area contributed by atoms with Gasteiger partial charge >= 0.3 is 26.2 Å². The van der Waals surface area contributed by atoms with Crippen LogP contribution >= 0.6 is 0 Å². The van der Waals surface area contributed by atoms with Gasteiger partial charge < -0.3 is 24.8 Å². The summed E-state index contributed by atoms with van der Waals surface area (Å²) in [6, 6.07) is 21.6. The van der Waals surface area contributed by atoms with E-state index in [9.17, 15) is 0 Å². The Bertz CT molecular complexity index is 783. The molecule has 0 spiro atoms. The van der Waals surface area contributed by atoms with E-state index in [-0.39, 0.29) is 51.0 Å². The zero-order chi connectivity index (χ0) is 18.5. The van der Waals surface area contributed by atoms with Gasteiger partial charge in [0.25, 0.3) is 0 Å². The summed E-state index contributed by atoms with van der Waals surface area (Å²) in [6.07, 6.45) is 10.0. The average Bonchev–Trinajstić information content (AvgIpc) is 3.38. The van der Waals surface area contributed by atoms with Crippen LogP contribution < -0.4 is 24.8 Å². The van der Waals surface area contributed by atoms with Gasteiger partial charge in [-0.25, -0.2) is 12.2 Å². The Kier molecular flexibility index (Phi) is 22.2. The maximum atomic E-state index is 2.99. The molecule has 0 nitrogen and oxygen atoms in total. The van der Waals surface area contributed by atoms with E-state index in [1.807, 2.05) is 26.0 Å². The van der Waals surface area contributed by atoms with E-state index in [0.717, 1.165) is 6.42 Å². The maximum Gasteiger partial charge on any atom is 4.00 e. The van der Waals surface area contributed by atoms with Gasteiger partial charge in [-0.3, -0.25) is 6.08 Å². The molecule has 3 radical (unpaired) electrons. The Labute approximate surface area is 206 Å². The van der Waals surface area contributed by atoms with Gasteiger partial charge in [0, 0.05) is 10.2 Å². The van der Waals surface area contributed by atoms with Crippen molar-refractivity contribution >= 4 is 21.0 Å². The first kappa shape index (κ1) is 31.9. The number of hydrogen-bond donors (Lipinski definition) is 0. The predicted molar refractivity (Wildman–Crippen MR) is 114 cm³/mol. The Morgan fingerprint density at radius 3 is 2.07 bits per heavy atom. The van der Waals surface area contributed by atoms with Crippen LogP contribution in [0.2, 0.25) is 6.55 Å². The first-order valence-electron chi connectivity index (χ1n) is 8.78. The molecule has 1 aliphatic carbocycles. The van der Waals surface area contributed by atoms with Crippen LogP contribution in [0.1, 0.15) is 25.8 Å². The molecule has 4 rings (SSSR count). The Hall–Kier alpha value is -0.790. The van der Waals surface area contributed by atoms with Crippen LogP contribution in [-0.4, -0.2) is 10.2 Å². The smallest absolute Gasteiger partial charge is 1.00 e. The third-order valence-corrected chi connectivity index (χ3v) is 3.57. The SMILES string of the molecule is CC.C[Si].Cc1cc2c(-c3ccccc3)cccc2[cH-]1.[C-]1=CC=CC1.[Cl-].[Cl-].[Zr+4]. The summed E-state index contributed by atoms with van der Waals surface area (Å²) in [4.78, 5) is 0. The number of halogens is 2. The molecule has 0 unspecified atom stereocenters. The second-order valence-electron chi connectivity index (χ2n) is 5.21. The zero-order valence-corrected chi connectivity index (χ0v) is 21.9. The third kappa shape index (κ3) is 10.1. The fourth-order valence-electron chi connectivity index (χ4n) is 2.59. The van der Waals surface area contributed by atoms with Gasteiger partial charge in [0.2, 0.25) is 0 Å². The van der Waals surface area contributed by atoms with Crippen LogP contribution in [-0.2, 0) is 26.2 Å².